The van der Waals surface area contributed by atoms with Gasteiger partial charge >= 0.3 is 0 Å². The number of rotatable bonds is 7. The molecule has 0 saturated carbocycles. The zero-order chi connectivity index (χ0) is 23.4. The predicted molar refractivity (Wildman–Crippen MR) is 130 cm³/mol. The van der Waals surface area contributed by atoms with Gasteiger partial charge in [0.1, 0.15) is 17.1 Å². The first kappa shape index (κ1) is 22.3. The second kappa shape index (κ2) is 9.74. The molecule has 0 saturated heterocycles. The largest absolute Gasteiger partial charge is 0.496 e. The number of hydrogen-bond acceptors (Lipinski definition) is 3. The highest BCUT2D eigenvalue weighted by molar-refractivity contribution is 6.00. The Balaban J connectivity index is 1.55. The fourth-order valence-electron chi connectivity index (χ4n) is 3.80. The van der Waals surface area contributed by atoms with Gasteiger partial charge in [0.25, 0.3) is 0 Å². The molecule has 4 aromatic rings. The SMILES string of the molecule is COc1cc2occ(-c3ccc(C)cc3)c2cc1/C(C)=C/C(=O)NCCc1ccc(F)cc1. The van der Waals surface area contributed by atoms with E-state index in [0.29, 0.717) is 18.7 Å². The molecule has 0 radical (unpaired) electrons. The Kier molecular flexibility index (Phi) is 6.59. The molecule has 1 amide bonds. The van der Waals surface area contributed by atoms with Crippen LogP contribution in [-0.4, -0.2) is 19.6 Å². The topological polar surface area (TPSA) is 51.5 Å². The Morgan fingerprint density at radius 3 is 2.52 bits per heavy atom. The third-order valence-electron chi connectivity index (χ3n) is 5.66. The van der Waals surface area contributed by atoms with Crippen LogP contribution < -0.4 is 10.1 Å². The van der Waals surface area contributed by atoms with Crippen LogP contribution in [0.15, 0.2) is 77.4 Å². The van der Waals surface area contributed by atoms with Crippen molar-refractivity contribution in [3.05, 3.63) is 95.5 Å². The molecular weight excluding hydrogens is 417 g/mol. The number of ether oxygens (including phenoxy) is 1. The number of hydrogen-bond donors (Lipinski definition) is 1. The first-order valence-corrected chi connectivity index (χ1v) is 10.8. The second-order valence-corrected chi connectivity index (χ2v) is 8.06. The van der Waals surface area contributed by atoms with E-state index in [1.165, 1.54) is 17.7 Å². The smallest absolute Gasteiger partial charge is 0.244 e. The highest BCUT2D eigenvalue weighted by atomic mass is 19.1. The van der Waals surface area contributed by atoms with Crippen LogP contribution in [0.4, 0.5) is 4.39 Å². The van der Waals surface area contributed by atoms with Crippen LogP contribution in [0.3, 0.4) is 0 Å². The van der Waals surface area contributed by atoms with E-state index in [1.54, 1.807) is 31.6 Å². The normalized spacial score (nSPS) is 11.6. The number of furan rings is 1. The Morgan fingerprint density at radius 2 is 1.82 bits per heavy atom. The third kappa shape index (κ3) is 5.14. The van der Waals surface area contributed by atoms with E-state index in [9.17, 15) is 9.18 Å². The fraction of sp³-hybridized carbons (Fsp3) is 0.179. The van der Waals surface area contributed by atoms with E-state index in [1.807, 2.05) is 19.1 Å². The molecule has 0 unspecified atom stereocenters. The van der Waals surface area contributed by atoms with Crippen molar-refractivity contribution >= 4 is 22.4 Å². The van der Waals surface area contributed by atoms with E-state index >= 15 is 0 Å². The first-order chi connectivity index (χ1) is 15.9. The Bertz CT molecular complexity index is 1300. The van der Waals surface area contributed by atoms with Gasteiger partial charge in [-0.15, -0.1) is 0 Å². The predicted octanol–water partition coefficient (Wildman–Crippen LogP) is 6.32. The maximum atomic E-state index is 13.0. The van der Waals surface area contributed by atoms with E-state index in [-0.39, 0.29) is 11.7 Å². The molecule has 1 heterocycles. The molecule has 0 bridgehead atoms. The van der Waals surface area contributed by atoms with E-state index in [4.69, 9.17) is 9.15 Å². The summed E-state index contributed by atoms with van der Waals surface area (Å²) in [6.07, 6.45) is 3.95. The van der Waals surface area contributed by atoms with Crippen LogP contribution in [0.5, 0.6) is 5.75 Å². The Hall–Kier alpha value is -3.86. The molecule has 1 N–H and O–H groups in total. The van der Waals surface area contributed by atoms with Gasteiger partial charge in [-0.25, -0.2) is 4.39 Å². The molecule has 1 aromatic heterocycles. The average Bonchev–Trinajstić information content (AvgIpc) is 3.23. The van der Waals surface area contributed by atoms with Crippen molar-refractivity contribution < 1.29 is 18.3 Å². The van der Waals surface area contributed by atoms with Gasteiger partial charge in [-0.05, 0) is 55.2 Å². The van der Waals surface area contributed by atoms with Gasteiger partial charge in [0.15, 0.2) is 0 Å². The van der Waals surface area contributed by atoms with E-state index in [0.717, 1.165) is 38.8 Å². The van der Waals surface area contributed by atoms with Crippen molar-refractivity contribution in [2.45, 2.75) is 20.3 Å². The summed E-state index contributed by atoms with van der Waals surface area (Å²) in [7, 11) is 1.60. The number of amides is 1. The lowest BCUT2D eigenvalue weighted by Gasteiger charge is -2.10. The minimum atomic E-state index is -0.268. The molecule has 0 spiro atoms. The van der Waals surface area contributed by atoms with Crippen molar-refractivity contribution in [3.63, 3.8) is 0 Å². The summed E-state index contributed by atoms with van der Waals surface area (Å²) in [5.74, 6) is 0.179. The quantitative estimate of drug-likeness (QED) is 0.340. The van der Waals surface area contributed by atoms with Crippen molar-refractivity contribution in [2.75, 3.05) is 13.7 Å². The summed E-state index contributed by atoms with van der Waals surface area (Å²) in [5.41, 5.74) is 6.55. The number of fused-ring (bicyclic) bond motifs is 1. The summed E-state index contributed by atoms with van der Waals surface area (Å²) in [6, 6.07) is 18.4. The highest BCUT2D eigenvalue weighted by Crippen LogP contribution is 2.37. The van der Waals surface area contributed by atoms with Gasteiger partial charge in [0, 0.05) is 35.2 Å². The van der Waals surface area contributed by atoms with Crippen LogP contribution in [0.2, 0.25) is 0 Å². The van der Waals surface area contributed by atoms with Gasteiger partial charge < -0.3 is 14.5 Å². The average molecular weight is 444 g/mol. The summed E-state index contributed by atoms with van der Waals surface area (Å²) in [5, 5.41) is 3.85. The van der Waals surface area contributed by atoms with Gasteiger partial charge in [0.05, 0.1) is 13.4 Å². The molecule has 4 nitrogen and oxygen atoms in total. The van der Waals surface area contributed by atoms with Crippen LogP contribution >= 0.6 is 0 Å². The zero-order valence-corrected chi connectivity index (χ0v) is 18.9. The Morgan fingerprint density at radius 1 is 1.09 bits per heavy atom. The molecule has 0 fully saturated rings. The number of aryl methyl sites for hydroxylation is 1. The lowest BCUT2D eigenvalue weighted by molar-refractivity contribution is -0.116. The zero-order valence-electron chi connectivity index (χ0n) is 18.9. The van der Waals surface area contributed by atoms with Gasteiger partial charge in [-0.1, -0.05) is 42.0 Å². The second-order valence-electron chi connectivity index (χ2n) is 8.06. The number of nitrogens with one attached hydrogen (secondary N) is 1. The molecule has 0 aliphatic heterocycles. The molecule has 0 atom stereocenters. The Labute approximate surface area is 192 Å². The molecule has 168 valence electrons. The number of methoxy groups -OCH3 is 1. The highest BCUT2D eigenvalue weighted by Gasteiger charge is 2.15. The van der Waals surface area contributed by atoms with Gasteiger partial charge in [-0.2, -0.15) is 0 Å². The number of carbonyl (C=O) groups excluding carboxylic acids is 1. The van der Waals surface area contributed by atoms with E-state index < -0.39 is 0 Å². The standard InChI is InChI=1S/C28H26FNO3/c1-18-4-8-21(9-5-18)25-17-33-27-16-26(32-3)23(15-24(25)27)19(2)14-28(31)30-13-12-20-6-10-22(29)11-7-20/h4-11,14-17H,12-13H2,1-3H3,(H,30,31)/b19-14+. The van der Waals surface area contributed by atoms with Crippen LogP contribution in [0, 0.1) is 12.7 Å². The maximum Gasteiger partial charge on any atom is 0.244 e. The van der Waals surface area contributed by atoms with Crippen molar-refractivity contribution in [2.24, 2.45) is 0 Å². The molecule has 0 aliphatic rings. The fourth-order valence-corrected chi connectivity index (χ4v) is 3.80. The maximum absolute atomic E-state index is 13.0. The van der Waals surface area contributed by atoms with Crippen molar-refractivity contribution in [1.29, 1.82) is 0 Å². The molecule has 5 heteroatoms. The molecule has 0 aliphatic carbocycles. The van der Waals surface area contributed by atoms with Gasteiger partial charge in [-0.3, -0.25) is 4.79 Å². The lowest BCUT2D eigenvalue weighted by atomic mass is 9.99. The van der Waals surface area contributed by atoms with Crippen molar-refractivity contribution in [3.8, 4) is 16.9 Å². The minimum Gasteiger partial charge on any atom is -0.496 e. The van der Waals surface area contributed by atoms with Crippen LogP contribution in [0.1, 0.15) is 23.6 Å². The molecule has 4 rings (SSSR count). The lowest BCUT2D eigenvalue weighted by Crippen LogP contribution is -2.23. The number of allylic oxidation sites excluding steroid dienone is 1. The molecule has 33 heavy (non-hydrogen) atoms. The van der Waals surface area contributed by atoms with Crippen molar-refractivity contribution in [1.82, 2.24) is 5.32 Å². The monoisotopic (exact) mass is 443 g/mol. The summed E-state index contributed by atoms with van der Waals surface area (Å²) in [4.78, 5) is 12.5. The summed E-state index contributed by atoms with van der Waals surface area (Å²) in [6.45, 7) is 4.40. The van der Waals surface area contributed by atoms with E-state index in [2.05, 4.69) is 36.5 Å². The minimum absolute atomic E-state index is 0.192. The molecule has 3 aromatic carbocycles. The van der Waals surface area contributed by atoms with Gasteiger partial charge in [0.2, 0.25) is 5.91 Å². The number of halogens is 1. The summed E-state index contributed by atoms with van der Waals surface area (Å²) >= 11 is 0. The number of carbonyl (C=O) groups is 1. The third-order valence-corrected chi connectivity index (χ3v) is 5.66. The number of benzene rings is 3. The van der Waals surface area contributed by atoms with Crippen LogP contribution in [0.25, 0.3) is 27.7 Å². The summed E-state index contributed by atoms with van der Waals surface area (Å²) < 4.78 is 24.4. The van der Waals surface area contributed by atoms with Crippen LogP contribution in [-0.2, 0) is 11.2 Å². The molecular formula is C28H26FNO3. The first-order valence-electron chi connectivity index (χ1n) is 10.8.